The van der Waals surface area contributed by atoms with Crippen molar-refractivity contribution >= 4 is 28.2 Å². The molecule has 1 aromatic heterocycles. The van der Waals surface area contributed by atoms with Crippen LogP contribution in [0.25, 0.3) is 0 Å². The van der Waals surface area contributed by atoms with E-state index in [0.717, 1.165) is 12.8 Å². The summed E-state index contributed by atoms with van der Waals surface area (Å²) in [5, 5.41) is 6.27. The van der Waals surface area contributed by atoms with Crippen LogP contribution >= 0.6 is 11.3 Å². The van der Waals surface area contributed by atoms with E-state index in [1.165, 1.54) is 11.3 Å². The average molecular weight is 359 g/mol. The SMILES string of the molecule is COc1ccc(C(=O)Nc2ccc(C(=O)NCC(N)C3CC3)s2)cc1. The summed E-state index contributed by atoms with van der Waals surface area (Å²) in [4.78, 5) is 24.9. The van der Waals surface area contributed by atoms with Crippen LogP contribution in [0, 0.1) is 5.92 Å². The molecule has 1 aliphatic rings. The van der Waals surface area contributed by atoms with Crippen LogP contribution in [-0.4, -0.2) is 31.5 Å². The maximum absolute atomic E-state index is 12.2. The molecule has 2 aromatic rings. The number of benzene rings is 1. The van der Waals surface area contributed by atoms with E-state index in [9.17, 15) is 9.59 Å². The van der Waals surface area contributed by atoms with Crippen molar-refractivity contribution in [3.8, 4) is 5.75 Å². The molecule has 1 fully saturated rings. The Morgan fingerprint density at radius 1 is 1.20 bits per heavy atom. The van der Waals surface area contributed by atoms with Gasteiger partial charge in [0.25, 0.3) is 11.8 Å². The van der Waals surface area contributed by atoms with Crippen molar-refractivity contribution in [1.29, 1.82) is 0 Å². The van der Waals surface area contributed by atoms with Gasteiger partial charge in [0, 0.05) is 18.2 Å². The summed E-state index contributed by atoms with van der Waals surface area (Å²) in [5.74, 6) is 0.845. The fraction of sp³-hybridized carbons (Fsp3) is 0.333. The number of thiophene rings is 1. The molecule has 2 amide bonds. The molecule has 3 rings (SSSR count). The molecular weight excluding hydrogens is 338 g/mol. The number of carbonyl (C=O) groups is 2. The van der Waals surface area contributed by atoms with E-state index in [0.29, 0.717) is 33.7 Å². The third-order valence-corrected chi connectivity index (χ3v) is 5.14. The summed E-state index contributed by atoms with van der Waals surface area (Å²) < 4.78 is 5.07. The quantitative estimate of drug-likeness (QED) is 0.708. The molecule has 1 atom stereocenters. The molecule has 1 saturated carbocycles. The lowest BCUT2D eigenvalue weighted by Crippen LogP contribution is -2.38. The summed E-state index contributed by atoms with van der Waals surface area (Å²) in [6.45, 7) is 0.481. The first-order valence-corrected chi connectivity index (χ1v) is 8.97. The Morgan fingerprint density at radius 2 is 1.92 bits per heavy atom. The lowest BCUT2D eigenvalue weighted by Gasteiger charge is -2.10. The van der Waals surface area contributed by atoms with E-state index in [1.807, 2.05) is 0 Å². The van der Waals surface area contributed by atoms with Crippen molar-refractivity contribution in [3.05, 3.63) is 46.8 Å². The van der Waals surface area contributed by atoms with Crippen molar-refractivity contribution in [2.75, 3.05) is 19.0 Å². The predicted molar refractivity (Wildman–Crippen MR) is 98.3 cm³/mol. The van der Waals surface area contributed by atoms with Gasteiger partial charge in [-0.2, -0.15) is 0 Å². The van der Waals surface area contributed by atoms with Crippen molar-refractivity contribution in [3.63, 3.8) is 0 Å². The van der Waals surface area contributed by atoms with Crippen LogP contribution in [0.3, 0.4) is 0 Å². The highest BCUT2D eigenvalue weighted by Gasteiger charge is 2.28. The first-order valence-electron chi connectivity index (χ1n) is 8.16. The van der Waals surface area contributed by atoms with Gasteiger partial charge in [0.15, 0.2) is 0 Å². The molecule has 0 spiro atoms. The number of rotatable bonds is 7. The Hall–Kier alpha value is -2.38. The highest BCUT2D eigenvalue weighted by molar-refractivity contribution is 7.18. The molecule has 6 nitrogen and oxygen atoms in total. The zero-order valence-corrected chi connectivity index (χ0v) is 14.8. The average Bonchev–Trinajstić information content (AvgIpc) is 3.39. The van der Waals surface area contributed by atoms with E-state index in [1.54, 1.807) is 43.5 Å². The van der Waals surface area contributed by atoms with Gasteiger partial charge in [-0.1, -0.05) is 0 Å². The van der Waals surface area contributed by atoms with E-state index >= 15 is 0 Å². The lowest BCUT2D eigenvalue weighted by atomic mass is 10.2. The van der Waals surface area contributed by atoms with Crippen LogP contribution in [0.1, 0.15) is 32.9 Å². The second kappa shape index (κ2) is 7.67. The Bertz CT molecular complexity index is 753. The monoisotopic (exact) mass is 359 g/mol. The number of hydrogen-bond donors (Lipinski definition) is 3. The number of amides is 2. The number of anilines is 1. The molecule has 1 aliphatic carbocycles. The maximum Gasteiger partial charge on any atom is 0.261 e. The Kier molecular flexibility index (Phi) is 5.35. The van der Waals surface area contributed by atoms with Gasteiger partial charge in [-0.15, -0.1) is 11.3 Å². The molecule has 1 unspecified atom stereocenters. The molecule has 0 bridgehead atoms. The van der Waals surface area contributed by atoms with Gasteiger partial charge < -0.3 is 21.1 Å². The molecule has 0 radical (unpaired) electrons. The van der Waals surface area contributed by atoms with Crippen molar-refractivity contribution in [2.24, 2.45) is 11.7 Å². The highest BCUT2D eigenvalue weighted by Crippen LogP contribution is 2.31. The van der Waals surface area contributed by atoms with Gasteiger partial charge >= 0.3 is 0 Å². The summed E-state index contributed by atoms with van der Waals surface area (Å²) >= 11 is 1.24. The fourth-order valence-electron chi connectivity index (χ4n) is 2.44. The number of carbonyl (C=O) groups excluding carboxylic acids is 2. The lowest BCUT2D eigenvalue weighted by molar-refractivity contribution is 0.0953. The number of hydrogen-bond acceptors (Lipinski definition) is 5. The zero-order valence-electron chi connectivity index (χ0n) is 14.0. The molecule has 4 N–H and O–H groups in total. The first kappa shape index (κ1) is 17.4. The molecule has 0 saturated heterocycles. The van der Waals surface area contributed by atoms with E-state index in [2.05, 4.69) is 10.6 Å². The minimum atomic E-state index is -0.229. The molecule has 25 heavy (non-hydrogen) atoms. The van der Waals surface area contributed by atoms with E-state index in [4.69, 9.17) is 10.5 Å². The summed E-state index contributed by atoms with van der Waals surface area (Å²) in [7, 11) is 1.57. The predicted octanol–water partition coefficient (Wildman–Crippen LogP) is 2.48. The summed E-state index contributed by atoms with van der Waals surface area (Å²) in [6, 6.07) is 10.3. The number of methoxy groups -OCH3 is 1. The van der Waals surface area contributed by atoms with Crippen molar-refractivity contribution in [2.45, 2.75) is 18.9 Å². The third-order valence-electron chi connectivity index (χ3n) is 4.14. The second-order valence-corrected chi connectivity index (χ2v) is 7.14. The Balaban J connectivity index is 1.54. The van der Waals surface area contributed by atoms with Gasteiger partial charge in [-0.05, 0) is 55.2 Å². The number of ether oxygens (including phenoxy) is 1. The minimum Gasteiger partial charge on any atom is -0.497 e. The van der Waals surface area contributed by atoms with Gasteiger partial charge in [0.2, 0.25) is 0 Å². The van der Waals surface area contributed by atoms with Crippen LogP contribution in [0.15, 0.2) is 36.4 Å². The van der Waals surface area contributed by atoms with Crippen molar-refractivity contribution in [1.82, 2.24) is 5.32 Å². The largest absolute Gasteiger partial charge is 0.497 e. The second-order valence-electron chi connectivity index (χ2n) is 6.06. The fourth-order valence-corrected chi connectivity index (χ4v) is 3.26. The van der Waals surface area contributed by atoms with Crippen LogP contribution in [-0.2, 0) is 0 Å². The van der Waals surface area contributed by atoms with Crippen LogP contribution in [0.4, 0.5) is 5.00 Å². The van der Waals surface area contributed by atoms with Gasteiger partial charge in [-0.3, -0.25) is 9.59 Å². The molecule has 132 valence electrons. The Morgan fingerprint density at radius 3 is 2.56 bits per heavy atom. The van der Waals surface area contributed by atoms with Crippen LogP contribution in [0.2, 0.25) is 0 Å². The number of nitrogens with one attached hydrogen (secondary N) is 2. The zero-order chi connectivity index (χ0) is 17.8. The van der Waals surface area contributed by atoms with Crippen LogP contribution in [0.5, 0.6) is 5.75 Å². The number of nitrogens with two attached hydrogens (primary N) is 1. The molecular formula is C18H21N3O3S. The summed E-state index contributed by atoms with van der Waals surface area (Å²) in [6.07, 6.45) is 2.30. The standard InChI is InChI=1S/C18H21N3O3S/c1-24-13-6-4-12(5-7-13)17(22)21-16-9-8-15(25-16)18(23)20-10-14(19)11-2-3-11/h4-9,11,14H,2-3,10,19H2,1H3,(H,20,23)(H,21,22). The van der Waals surface area contributed by atoms with Gasteiger partial charge in [0.05, 0.1) is 17.0 Å². The van der Waals surface area contributed by atoms with Crippen LogP contribution < -0.4 is 21.1 Å². The summed E-state index contributed by atoms with van der Waals surface area (Å²) in [5.41, 5.74) is 6.51. The molecule has 1 heterocycles. The smallest absolute Gasteiger partial charge is 0.261 e. The molecule has 0 aliphatic heterocycles. The maximum atomic E-state index is 12.2. The van der Waals surface area contributed by atoms with Crippen molar-refractivity contribution < 1.29 is 14.3 Å². The van der Waals surface area contributed by atoms with E-state index < -0.39 is 0 Å². The molecule has 7 heteroatoms. The van der Waals surface area contributed by atoms with E-state index in [-0.39, 0.29) is 17.9 Å². The normalized spacial score (nSPS) is 14.6. The first-order chi connectivity index (χ1) is 12.1. The highest BCUT2D eigenvalue weighted by atomic mass is 32.1. The third kappa shape index (κ3) is 4.58. The molecule has 1 aromatic carbocycles. The van der Waals surface area contributed by atoms with Gasteiger partial charge in [0.1, 0.15) is 5.75 Å². The minimum absolute atomic E-state index is 0.0261. The Labute approximate surface area is 150 Å². The van der Waals surface area contributed by atoms with Gasteiger partial charge in [-0.25, -0.2) is 0 Å². The topological polar surface area (TPSA) is 93.4 Å².